The lowest BCUT2D eigenvalue weighted by molar-refractivity contribution is -0.142. The average molecular weight is 479 g/mol. The fourth-order valence-corrected chi connectivity index (χ4v) is 5.77. The zero-order valence-corrected chi connectivity index (χ0v) is 19.3. The number of amides is 3. The van der Waals surface area contributed by atoms with E-state index in [-0.39, 0.29) is 12.5 Å². The highest BCUT2D eigenvalue weighted by Crippen LogP contribution is 2.46. The van der Waals surface area contributed by atoms with Crippen molar-refractivity contribution in [1.82, 2.24) is 19.6 Å². The van der Waals surface area contributed by atoms with E-state index in [2.05, 4.69) is 5.10 Å². The predicted octanol–water partition coefficient (Wildman–Crippen LogP) is 2.69. The summed E-state index contributed by atoms with van der Waals surface area (Å²) in [4.78, 5) is 42.8. The molecule has 0 bridgehead atoms. The van der Waals surface area contributed by atoms with Gasteiger partial charge in [0, 0.05) is 30.8 Å². The van der Waals surface area contributed by atoms with Gasteiger partial charge in [-0.15, -0.1) is 11.3 Å². The molecule has 10 heteroatoms. The molecule has 1 saturated heterocycles. The Morgan fingerprint density at radius 1 is 1.24 bits per heavy atom. The number of benzene rings is 1. The van der Waals surface area contributed by atoms with Gasteiger partial charge < -0.3 is 14.4 Å². The van der Waals surface area contributed by atoms with Crippen LogP contribution in [0.3, 0.4) is 0 Å². The van der Waals surface area contributed by atoms with Gasteiger partial charge in [0.05, 0.1) is 24.2 Å². The molecule has 0 unspecified atom stereocenters. The molecule has 3 aromatic rings. The van der Waals surface area contributed by atoms with Gasteiger partial charge in [-0.25, -0.2) is 9.69 Å². The molecule has 174 valence electrons. The molecular weight excluding hydrogens is 456 g/mol. The van der Waals surface area contributed by atoms with Gasteiger partial charge in [0.25, 0.3) is 5.91 Å². The van der Waals surface area contributed by atoms with Gasteiger partial charge in [-0.05, 0) is 29.0 Å². The van der Waals surface area contributed by atoms with Gasteiger partial charge in [0.1, 0.15) is 18.9 Å². The Morgan fingerprint density at radius 2 is 2.12 bits per heavy atom. The number of hydrogen-bond acceptors (Lipinski definition) is 7. The van der Waals surface area contributed by atoms with Crippen LogP contribution in [-0.2, 0) is 39.9 Å². The molecule has 1 aliphatic carbocycles. The van der Waals surface area contributed by atoms with Crippen molar-refractivity contribution in [1.29, 1.82) is 0 Å². The second-order valence-electron chi connectivity index (χ2n) is 8.73. The summed E-state index contributed by atoms with van der Waals surface area (Å²) in [7, 11) is 1.86. The number of aryl methyl sites for hydroxylation is 2. The number of nitrogens with zero attached hydrogens (tertiary/aromatic N) is 4. The lowest BCUT2D eigenvalue weighted by Gasteiger charge is -2.23. The second kappa shape index (κ2) is 7.69. The Kier molecular flexibility index (Phi) is 4.73. The topological polar surface area (TPSA) is 94.0 Å². The molecule has 1 spiro atoms. The first-order chi connectivity index (χ1) is 16.4. The minimum Gasteiger partial charge on any atom is -0.491 e. The van der Waals surface area contributed by atoms with Crippen molar-refractivity contribution < 1.29 is 23.9 Å². The SMILES string of the molecule is Cn1cc(-c2ccc3c(c2)CC[C@]32OC(=O)N(CC(=O)N3CCOc4ccsc4C3)C2=O)cn1. The molecule has 1 aromatic carbocycles. The summed E-state index contributed by atoms with van der Waals surface area (Å²) >= 11 is 1.52. The molecule has 3 amide bonds. The van der Waals surface area contributed by atoms with Gasteiger partial charge in [-0.2, -0.15) is 5.10 Å². The van der Waals surface area contributed by atoms with E-state index in [1.165, 1.54) is 11.3 Å². The Hall–Kier alpha value is -3.66. The quantitative estimate of drug-likeness (QED) is 0.575. The summed E-state index contributed by atoms with van der Waals surface area (Å²) in [6.07, 6.45) is 3.91. The first-order valence-electron chi connectivity index (χ1n) is 11.1. The van der Waals surface area contributed by atoms with E-state index in [0.717, 1.165) is 32.2 Å². The van der Waals surface area contributed by atoms with Crippen molar-refractivity contribution in [3.8, 4) is 16.9 Å². The Labute approximate surface area is 199 Å². The van der Waals surface area contributed by atoms with Gasteiger partial charge in [-0.3, -0.25) is 14.3 Å². The summed E-state index contributed by atoms with van der Waals surface area (Å²) in [5, 5.41) is 6.13. The van der Waals surface area contributed by atoms with Crippen molar-refractivity contribution in [2.45, 2.75) is 25.0 Å². The zero-order valence-electron chi connectivity index (χ0n) is 18.5. The summed E-state index contributed by atoms with van der Waals surface area (Å²) in [6, 6.07) is 7.67. The minimum atomic E-state index is -1.36. The third-order valence-corrected chi connectivity index (χ3v) is 7.59. The van der Waals surface area contributed by atoms with Gasteiger partial charge in [0.15, 0.2) is 0 Å². The van der Waals surface area contributed by atoms with Gasteiger partial charge >= 0.3 is 6.09 Å². The van der Waals surface area contributed by atoms with E-state index >= 15 is 0 Å². The first kappa shape index (κ1) is 20.9. The molecule has 0 saturated carbocycles. The standard InChI is InChI=1S/C24H22N4O5S/c1-26-12-17(11-25-26)15-2-3-18-16(10-15)4-6-24(18)22(30)28(23(31)33-24)14-21(29)27-7-8-32-19-5-9-34-20(19)13-27/h2-3,5,9-12H,4,6-8,13-14H2,1H3/t24-/m0/s1. The lowest BCUT2D eigenvalue weighted by atomic mass is 9.93. The smallest absolute Gasteiger partial charge is 0.418 e. The highest BCUT2D eigenvalue weighted by atomic mass is 32.1. The fraction of sp³-hybridized carbons (Fsp3) is 0.333. The van der Waals surface area contributed by atoms with Crippen molar-refractivity contribution in [3.63, 3.8) is 0 Å². The van der Waals surface area contributed by atoms with Gasteiger partial charge in [-0.1, -0.05) is 18.2 Å². The van der Waals surface area contributed by atoms with E-state index in [1.54, 1.807) is 15.8 Å². The number of thiophene rings is 1. The van der Waals surface area contributed by atoms with Crippen LogP contribution < -0.4 is 4.74 Å². The van der Waals surface area contributed by atoms with Crippen LogP contribution in [0.25, 0.3) is 11.1 Å². The third kappa shape index (κ3) is 3.20. The maximum atomic E-state index is 13.5. The molecule has 1 fully saturated rings. The number of fused-ring (bicyclic) bond motifs is 3. The number of carbonyl (C=O) groups is 3. The van der Waals surface area contributed by atoms with Gasteiger partial charge in [0.2, 0.25) is 11.5 Å². The highest BCUT2D eigenvalue weighted by Gasteiger charge is 2.58. The Balaban J connectivity index is 1.22. The molecule has 0 N–H and O–H groups in total. The fourth-order valence-electron chi connectivity index (χ4n) is 4.94. The maximum absolute atomic E-state index is 13.5. The number of aromatic nitrogens is 2. The van der Waals surface area contributed by atoms with Crippen LogP contribution in [0, 0.1) is 0 Å². The van der Waals surface area contributed by atoms with Crippen LogP contribution in [0.1, 0.15) is 22.4 Å². The van der Waals surface area contributed by atoms with Crippen molar-refractivity contribution >= 4 is 29.2 Å². The minimum absolute atomic E-state index is 0.308. The molecule has 6 rings (SSSR count). The zero-order chi connectivity index (χ0) is 23.4. The van der Waals surface area contributed by atoms with Crippen LogP contribution in [0.5, 0.6) is 5.75 Å². The van der Waals surface area contributed by atoms with Crippen LogP contribution in [-0.4, -0.2) is 57.2 Å². The van der Waals surface area contributed by atoms with Crippen molar-refractivity contribution in [2.24, 2.45) is 7.05 Å². The van der Waals surface area contributed by atoms with Crippen molar-refractivity contribution in [3.05, 3.63) is 58.0 Å². The molecule has 4 heterocycles. The molecule has 1 atom stereocenters. The van der Waals surface area contributed by atoms with Crippen LogP contribution in [0.4, 0.5) is 4.79 Å². The highest BCUT2D eigenvalue weighted by molar-refractivity contribution is 7.10. The largest absolute Gasteiger partial charge is 0.491 e. The summed E-state index contributed by atoms with van der Waals surface area (Å²) in [5.74, 6) is 0.00286. The molecule has 9 nitrogen and oxygen atoms in total. The summed E-state index contributed by atoms with van der Waals surface area (Å²) in [6.45, 7) is 0.810. The lowest BCUT2D eigenvalue weighted by Crippen LogP contribution is -2.45. The number of ether oxygens (including phenoxy) is 2. The van der Waals surface area contributed by atoms with E-state index < -0.39 is 17.6 Å². The molecule has 3 aliphatic rings. The molecule has 34 heavy (non-hydrogen) atoms. The average Bonchev–Trinajstić information content (AvgIpc) is 3.56. The first-order valence-corrected chi connectivity index (χ1v) is 12.0. The molecule has 0 radical (unpaired) electrons. The number of rotatable bonds is 3. The second-order valence-corrected chi connectivity index (χ2v) is 9.73. The normalized spacial score (nSPS) is 21.3. The Bertz CT molecular complexity index is 1330. The van der Waals surface area contributed by atoms with E-state index in [4.69, 9.17) is 9.47 Å². The summed E-state index contributed by atoms with van der Waals surface area (Å²) < 4.78 is 13.1. The number of hydrogen-bond donors (Lipinski definition) is 0. The van der Waals surface area contributed by atoms with E-state index in [0.29, 0.717) is 38.1 Å². The van der Waals surface area contributed by atoms with Crippen LogP contribution in [0.2, 0.25) is 0 Å². The van der Waals surface area contributed by atoms with E-state index in [9.17, 15) is 14.4 Å². The third-order valence-electron chi connectivity index (χ3n) is 6.70. The molecule has 2 aromatic heterocycles. The Morgan fingerprint density at radius 3 is 2.94 bits per heavy atom. The van der Waals surface area contributed by atoms with Crippen LogP contribution in [0.15, 0.2) is 42.0 Å². The van der Waals surface area contributed by atoms with Crippen LogP contribution >= 0.6 is 11.3 Å². The maximum Gasteiger partial charge on any atom is 0.418 e. The number of imide groups is 1. The molecule has 2 aliphatic heterocycles. The summed E-state index contributed by atoms with van der Waals surface area (Å²) in [5.41, 5.74) is 2.26. The van der Waals surface area contributed by atoms with Crippen molar-refractivity contribution in [2.75, 3.05) is 19.7 Å². The molecular formula is C24H22N4O5S. The predicted molar refractivity (Wildman–Crippen MR) is 122 cm³/mol. The van der Waals surface area contributed by atoms with E-state index in [1.807, 2.05) is 42.9 Å². The monoisotopic (exact) mass is 478 g/mol. The number of carbonyl (C=O) groups excluding carboxylic acids is 3.